The van der Waals surface area contributed by atoms with Crippen LogP contribution in [0.15, 0.2) is 70.5 Å². The van der Waals surface area contributed by atoms with E-state index >= 15 is 0 Å². The SMILES string of the molecule is O=S(=O)(Nc1cccc(-n2cccc2)c1)c1cccs1. The number of hydrogen-bond donors (Lipinski definition) is 1. The predicted octanol–water partition coefficient (Wildman–Crippen LogP) is 3.34. The summed E-state index contributed by atoms with van der Waals surface area (Å²) in [6, 6.07) is 14.4. The van der Waals surface area contributed by atoms with E-state index in [-0.39, 0.29) is 0 Å². The number of nitrogens with one attached hydrogen (secondary N) is 1. The molecular formula is C14H12N2O2S2. The van der Waals surface area contributed by atoms with Gasteiger partial charge in [-0.3, -0.25) is 4.72 Å². The number of anilines is 1. The van der Waals surface area contributed by atoms with Crippen molar-refractivity contribution in [2.45, 2.75) is 4.21 Å². The van der Waals surface area contributed by atoms with E-state index in [0.29, 0.717) is 9.90 Å². The summed E-state index contributed by atoms with van der Waals surface area (Å²) in [4.78, 5) is 0. The van der Waals surface area contributed by atoms with Gasteiger partial charge in [0.1, 0.15) is 4.21 Å². The van der Waals surface area contributed by atoms with Gasteiger partial charge >= 0.3 is 0 Å². The Bertz CT molecular complexity index is 792. The first kappa shape index (κ1) is 13.0. The number of sulfonamides is 1. The Morgan fingerprint density at radius 2 is 1.80 bits per heavy atom. The smallest absolute Gasteiger partial charge is 0.271 e. The van der Waals surface area contributed by atoms with Crippen molar-refractivity contribution in [3.8, 4) is 5.69 Å². The van der Waals surface area contributed by atoms with Crippen molar-refractivity contribution in [2.24, 2.45) is 0 Å². The summed E-state index contributed by atoms with van der Waals surface area (Å²) in [6.45, 7) is 0. The van der Waals surface area contributed by atoms with Crippen LogP contribution in [0.3, 0.4) is 0 Å². The number of rotatable bonds is 4. The van der Waals surface area contributed by atoms with Gasteiger partial charge in [0.05, 0.1) is 5.69 Å². The lowest BCUT2D eigenvalue weighted by molar-refractivity contribution is 0.603. The van der Waals surface area contributed by atoms with Crippen molar-refractivity contribution in [3.63, 3.8) is 0 Å². The minimum Gasteiger partial charge on any atom is -0.324 e. The van der Waals surface area contributed by atoms with E-state index in [1.165, 1.54) is 11.3 Å². The molecule has 0 aliphatic heterocycles. The summed E-state index contributed by atoms with van der Waals surface area (Å²) in [7, 11) is -3.50. The van der Waals surface area contributed by atoms with Crippen LogP contribution >= 0.6 is 11.3 Å². The van der Waals surface area contributed by atoms with Gasteiger partial charge in [-0.15, -0.1) is 11.3 Å². The topological polar surface area (TPSA) is 51.1 Å². The Kier molecular flexibility index (Phi) is 3.33. The van der Waals surface area contributed by atoms with Gasteiger partial charge in [-0.05, 0) is 41.8 Å². The molecule has 102 valence electrons. The second-order valence-electron chi connectivity index (χ2n) is 4.18. The molecule has 0 saturated heterocycles. The Morgan fingerprint density at radius 1 is 1.00 bits per heavy atom. The van der Waals surface area contributed by atoms with Crippen LogP contribution in [0.5, 0.6) is 0 Å². The average Bonchev–Trinajstić information content (AvgIpc) is 3.12. The molecule has 0 atom stereocenters. The van der Waals surface area contributed by atoms with Crippen LogP contribution in [-0.2, 0) is 10.0 Å². The van der Waals surface area contributed by atoms with Crippen molar-refractivity contribution in [3.05, 3.63) is 66.3 Å². The second kappa shape index (κ2) is 5.15. The van der Waals surface area contributed by atoms with Gasteiger partial charge in [-0.2, -0.15) is 0 Å². The van der Waals surface area contributed by atoms with E-state index in [0.717, 1.165) is 5.69 Å². The van der Waals surface area contributed by atoms with Gasteiger partial charge in [-0.25, -0.2) is 8.42 Å². The lowest BCUT2D eigenvalue weighted by Crippen LogP contribution is -2.11. The van der Waals surface area contributed by atoms with E-state index in [1.807, 2.05) is 41.2 Å². The molecule has 0 bridgehead atoms. The van der Waals surface area contributed by atoms with Crippen LogP contribution in [0, 0.1) is 0 Å². The van der Waals surface area contributed by atoms with E-state index in [9.17, 15) is 8.42 Å². The predicted molar refractivity (Wildman–Crippen MR) is 80.9 cm³/mol. The van der Waals surface area contributed by atoms with Crippen molar-refractivity contribution >= 4 is 27.0 Å². The first-order chi connectivity index (χ1) is 9.65. The molecule has 20 heavy (non-hydrogen) atoms. The third kappa shape index (κ3) is 2.61. The molecule has 6 heteroatoms. The van der Waals surface area contributed by atoms with Gasteiger partial charge in [0.15, 0.2) is 0 Å². The molecule has 3 rings (SSSR count). The first-order valence-corrected chi connectivity index (χ1v) is 8.31. The van der Waals surface area contributed by atoms with Crippen molar-refractivity contribution < 1.29 is 8.42 Å². The van der Waals surface area contributed by atoms with Gasteiger partial charge in [-0.1, -0.05) is 12.1 Å². The van der Waals surface area contributed by atoms with E-state index < -0.39 is 10.0 Å². The fraction of sp³-hybridized carbons (Fsp3) is 0. The Labute approximate surface area is 121 Å². The normalized spacial score (nSPS) is 11.4. The highest BCUT2D eigenvalue weighted by atomic mass is 32.2. The molecule has 3 aromatic rings. The Morgan fingerprint density at radius 3 is 2.50 bits per heavy atom. The number of nitrogens with zero attached hydrogens (tertiary/aromatic N) is 1. The average molecular weight is 304 g/mol. The van der Waals surface area contributed by atoms with Gasteiger partial charge < -0.3 is 4.57 Å². The zero-order valence-electron chi connectivity index (χ0n) is 10.4. The van der Waals surface area contributed by atoms with Crippen LogP contribution in [0.1, 0.15) is 0 Å². The van der Waals surface area contributed by atoms with E-state index in [2.05, 4.69) is 4.72 Å². The molecule has 0 fully saturated rings. The molecular weight excluding hydrogens is 292 g/mol. The minimum absolute atomic E-state index is 0.309. The molecule has 2 aromatic heterocycles. The molecule has 1 N–H and O–H groups in total. The highest BCUT2D eigenvalue weighted by Crippen LogP contribution is 2.21. The van der Waals surface area contributed by atoms with Crippen molar-refractivity contribution in [1.82, 2.24) is 4.57 Å². The van der Waals surface area contributed by atoms with E-state index in [1.54, 1.807) is 29.6 Å². The molecule has 2 heterocycles. The lowest BCUT2D eigenvalue weighted by Gasteiger charge is -2.09. The quantitative estimate of drug-likeness (QED) is 0.803. The first-order valence-electron chi connectivity index (χ1n) is 5.95. The minimum atomic E-state index is -3.50. The van der Waals surface area contributed by atoms with Crippen LogP contribution in [0.4, 0.5) is 5.69 Å². The highest BCUT2D eigenvalue weighted by molar-refractivity contribution is 7.94. The fourth-order valence-electron chi connectivity index (χ4n) is 1.86. The van der Waals surface area contributed by atoms with Crippen LogP contribution in [0.25, 0.3) is 5.69 Å². The summed E-state index contributed by atoms with van der Waals surface area (Å²) in [5.41, 5.74) is 1.45. The maximum absolute atomic E-state index is 12.2. The van der Waals surface area contributed by atoms with Crippen LogP contribution in [0.2, 0.25) is 0 Å². The zero-order valence-corrected chi connectivity index (χ0v) is 12.1. The molecule has 0 aliphatic carbocycles. The monoisotopic (exact) mass is 304 g/mol. The van der Waals surface area contributed by atoms with Gasteiger partial charge in [0.25, 0.3) is 10.0 Å². The number of hydrogen-bond acceptors (Lipinski definition) is 3. The number of aromatic nitrogens is 1. The molecule has 0 radical (unpaired) electrons. The van der Waals surface area contributed by atoms with Crippen molar-refractivity contribution in [1.29, 1.82) is 0 Å². The molecule has 4 nitrogen and oxygen atoms in total. The lowest BCUT2D eigenvalue weighted by atomic mass is 10.3. The number of benzene rings is 1. The Balaban J connectivity index is 1.91. The summed E-state index contributed by atoms with van der Waals surface area (Å²) >= 11 is 1.20. The highest BCUT2D eigenvalue weighted by Gasteiger charge is 2.15. The largest absolute Gasteiger partial charge is 0.324 e. The molecule has 0 aliphatic rings. The Hall–Kier alpha value is -2.05. The van der Waals surface area contributed by atoms with Crippen molar-refractivity contribution in [2.75, 3.05) is 4.72 Å². The van der Waals surface area contributed by atoms with Crippen LogP contribution < -0.4 is 4.72 Å². The third-order valence-corrected chi connectivity index (χ3v) is 5.54. The maximum Gasteiger partial charge on any atom is 0.271 e. The number of thiophene rings is 1. The second-order valence-corrected chi connectivity index (χ2v) is 7.04. The third-order valence-electron chi connectivity index (χ3n) is 2.76. The molecule has 0 amide bonds. The summed E-state index contributed by atoms with van der Waals surface area (Å²) in [6.07, 6.45) is 3.82. The van der Waals surface area contributed by atoms with Crippen LogP contribution in [-0.4, -0.2) is 13.0 Å². The maximum atomic E-state index is 12.2. The zero-order chi connectivity index (χ0) is 14.0. The molecule has 0 saturated carbocycles. The summed E-state index contributed by atoms with van der Waals surface area (Å²) in [5.74, 6) is 0. The fourth-order valence-corrected chi connectivity index (χ4v) is 3.90. The van der Waals surface area contributed by atoms with E-state index in [4.69, 9.17) is 0 Å². The summed E-state index contributed by atoms with van der Waals surface area (Å²) < 4.78 is 29.1. The standard InChI is InChI=1S/C14H12N2O2S2/c17-20(18,14-7-4-10-19-14)15-12-5-3-6-13(11-12)16-8-1-2-9-16/h1-11,15H. The molecule has 0 spiro atoms. The molecule has 0 unspecified atom stereocenters. The van der Waals surface area contributed by atoms with Gasteiger partial charge in [0.2, 0.25) is 0 Å². The molecule has 1 aromatic carbocycles. The van der Waals surface area contributed by atoms with Gasteiger partial charge in [0, 0.05) is 18.1 Å². The summed E-state index contributed by atoms with van der Waals surface area (Å²) in [5, 5.41) is 1.74.